The fourth-order valence-corrected chi connectivity index (χ4v) is 13.3. The summed E-state index contributed by atoms with van der Waals surface area (Å²) in [6, 6.07) is 34.4. The van der Waals surface area contributed by atoms with E-state index in [9.17, 15) is 18.3 Å². The molecule has 598 valence electrons. The number of carbonyl (C=O) groups is 1. The second kappa shape index (κ2) is 38.2. The molecule has 1 amide bonds. The van der Waals surface area contributed by atoms with Gasteiger partial charge in [0.2, 0.25) is 0 Å². The molecule has 30 nitrogen and oxygen atoms in total. The van der Waals surface area contributed by atoms with Crippen LogP contribution in [0.5, 0.6) is 28.7 Å². The third-order valence-corrected chi connectivity index (χ3v) is 19.8. The van der Waals surface area contributed by atoms with E-state index >= 15 is 0 Å². The molecule has 0 radical (unpaired) electrons. The van der Waals surface area contributed by atoms with Crippen molar-refractivity contribution >= 4 is 83.3 Å². The summed E-state index contributed by atoms with van der Waals surface area (Å²) in [6.45, 7) is 9.88. The molecule has 3 N–H and O–H groups in total. The van der Waals surface area contributed by atoms with Gasteiger partial charge in [0.25, 0.3) is 5.91 Å². The lowest BCUT2D eigenvalue weighted by Crippen LogP contribution is -2.36. The van der Waals surface area contributed by atoms with Gasteiger partial charge >= 0.3 is 10.2 Å². The number of nitrogens with zero attached hydrogens (tertiary/aromatic N) is 19. The maximum Gasteiger partial charge on any atom is 0.308 e. The minimum Gasteiger partial charge on any atom is -0.497 e. The van der Waals surface area contributed by atoms with Crippen molar-refractivity contribution in [1.82, 2.24) is 88.0 Å². The zero-order chi connectivity index (χ0) is 77.1. The van der Waals surface area contributed by atoms with Gasteiger partial charge in [-0.25, -0.2) is 23.9 Å². The van der Waals surface area contributed by atoms with Crippen LogP contribution in [-0.2, 0) is 37.9 Å². The molecule has 1 aliphatic heterocycles. The zero-order valence-corrected chi connectivity index (χ0v) is 64.0. The van der Waals surface area contributed by atoms with E-state index in [0.29, 0.717) is 62.3 Å². The van der Waals surface area contributed by atoms with E-state index in [1.54, 1.807) is 120 Å². The fourth-order valence-electron chi connectivity index (χ4n) is 12.4. The number of hydrogen-bond donors (Lipinski definition) is 3. The summed E-state index contributed by atoms with van der Waals surface area (Å²) in [5, 5.41) is 29.5. The highest BCUT2D eigenvalue weighted by Gasteiger charge is 2.27. The number of anilines is 6. The van der Waals surface area contributed by atoms with Gasteiger partial charge in [0.1, 0.15) is 34.6 Å². The van der Waals surface area contributed by atoms with Crippen LogP contribution in [0.25, 0.3) is 66.9 Å². The average molecular weight is 1560 g/mol. The first-order valence-electron chi connectivity index (χ1n) is 35.1. The van der Waals surface area contributed by atoms with Gasteiger partial charge in [-0.15, -0.1) is 0 Å². The van der Waals surface area contributed by atoms with E-state index in [1.807, 2.05) is 122 Å². The molecule has 0 aliphatic carbocycles. The summed E-state index contributed by atoms with van der Waals surface area (Å²) in [4.78, 5) is 53.7. The second-order valence-electron chi connectivity index (χ2n) is 26.6. The molecule has 7 aromatic heterocycles. The highest BCUT2D eigenvalue weighted by atomic mass is 32.2. The number of ether oxygens (including phenoxy) is 5. The Balaban J connectivity index is 0.000000209. The lowest BCUT2D eigenvalue weighted by molar-refractivity contribution is 0.0898. The minimum atomic E-state index is -3.79. The lowest BCUT2D eigenvalue weighted by Gasteiger charge is -2.31. The quantitative estimate of drug-likeness (QED) is 0.0506. The Kier molecular flexibility index (Phi) is 29.2. The standard InChI is InChI=1S/C27H33N7O2.C26H28N8O4S.C25H28N6O3.4CH4/c1-32-19-20(17-30-32)27-18-29-25-6-5-21(15-26(25)31-27)34(12-11-33-9-4-7-28-8-10-33)22-13-23(35-2)16-24(14-22)36-3;1-31(2)39(35,36)34-9-8-27-26(34)17-33(20-10-21(37-4)13-22(11-20)38-5)19-6-7-23-24(12-19)30-25(15-28-23)18-14-29-32(3)16-18;1-25(2,33)15-31(19-8-16(24(32)26-3)9-20(10-19)34-5)18-6-7-21-22(11-18)29-23(13-27-21)17-12-28-30(4)14-17;;;;/h5-6,13-19,28H,4,7-12H2,1-3H3;6-16H,17H2,1-5H3;6-14,33H,15H2,1-5H3,(H,26,32);4*1H4. The molecule has 113 heavy (non-hydrogen) atoms. The summed E-state index contributed by atoms with van der Waals surface area (Å²) in [5.41, 5.74) is 13.8. The summed E-state index contributed by atoms with van der Waals surface area (Å²) >= 11 is 0. The number of methoxy groups -OCH3 is 5. The molecule has 0 saturated carbocycles. The van der Waals surface area contributed by atoms with Gasteiger partial charge in [0.05, 0.1) is 142 Å². The largest absolute Gasteiger partial charge is 0.497 e. The first kappa shape index (κ1) is 86.4. The van der Waals surface area contributed by atoms with Gasteiger partial charge in [-0.05, 0) is 100 Å². The molecule has 8 heterocycles. The second-order valence-corrected chi connectivity index (χ2v) is 28.7. The Morgan fingerprint density at radius 3 is 1.35 bits per heavy atom. The van der Waals surface area contributed by atoms with Crippen molar-refractivity contribution in [1.29, 1.82) is 0 Å². The molecule has 0 bridgehead atoms. The molecule has 31 heteroatoms. The molecule has 6 aromatic carbocycles. The maximum absolute atomic E-state index is 13.0. The molecular weight excluding hydrogens is 1460 g/mol. The van der Waals surface area contributed by atoms with Crippen molar-refractivity contribution in [2.45, 2.75) is 62.1 Å². The minimum absolute atomic E-state index is 0. The van der Waals surface area contributed by atoms with Crippen LogP contribution < -0.4 is 49.0 Å². The van der Waals surface area contributed by atoms with E-state index in [2.05, 4.69) is 79.9 Å². The number of carbonyl (C=O) groups excluding carboxylic acids is 1. The fraction of sp³-hybridized carbons (Fsp3) is 0.329. The molecule has 1 fully saturated rings. The number of aromatic nitrogens is 14. The molecular formula is C82H105N21O9S. The zero-order valence-electron chi connectivity index (χ0n) is 63.2. The molecule has 1 saturated heterocycles. The number of fused-ring (bicyclic) bond motifs is 3. The van der Waals surface area contributed by atoms with E-state index < -0.39 is 15.8 Å². The number of aliphatic hydroxyl groups is 1. The van der Waals surface area contributed by atoms with E-state index in [1.165, 1.54) is 30.5 Å². The summed E-state index contributed by atoms with van der Waals surface area (Å²) in [7, 11) is 14.4. The van der Waals surface area contributed by atoms with Gasteiger partial charge in [-0.2, -0.15) is 28.0 Å². The molecule has 0 atom stereocenters. The van der Waals surface area contributed by atoms with Crippen molar-refractivity contribution in [2.75, 3.05) is 117 Å². The Bertz CT molecular complexity index is 5410. The number of amides is 1. The Labute approximate surface area is 661 Å². The highest BCUT2D eigenvalue weighted by Crippen LogP contribution is 2.39. The van der Waals surface area contributed by atoms with E-state index in [4.69, 9.17) is 38.6 Å². The predicted molar refractivity (Wildman–Crippen MR) is 448 cm³/mol. The number of benzene rings is 6. The molecule has 13 aromatic rings. The smallest absolute Gasteiger partial charge is 0.308 e. The first-order valence-corrected chi connectivity index (χ1v) is 36.5. The van der Waals surface area contributed by atoms with Crippen LogP contribution in [0.15, 0.2) is 177 Å². The van der Waals surface area contributed by atoms with Gasteiger partial charge in [0.15, 0.2) is 0 Å². The predicted octanol–water partition coefficient (Wildman–Crippen LogP) is 12.6. The van der Waals surface area contributed by atoms with Crippen LogP contribution in [0.3, 0.4) is 0 Å². The van der Waals surface area contributed by atoms with E-state index in [-0.39, 0.29) is 48.7 Å². The van der Waals surface area contributed by atoms with Crippen LogP contribution in [0, 0.1) is 0 Å². The van der Waals surface area contributed by atoms with Crippen molar-refractivity contribution in [3.8, 4) is 62.5 Å². The average Bonchev–Trinajstić information content (AvgIpc) is 1.77. The van der Waals surface area contributed by atoms with Crippen LogP contribution in [-0.4, -0.2) is 205 Å². The number of imidazole rings is 1. The van der Waals surface area contributed by atoms with Crippen molar-refractivity contribution in [3.05, 3.63) is 189 Å². The van der Waals surface area contributed by atoms with Crippen LogP contribution >= 0.6 is 0 Å². The van der Waals surface area contributed by atoms with Gasteiger partial charge in [-0.1, -0.05) is 29.7 Å². The number of hydrogen-bond acceptors (Lipinski definition) is 24. The van der Waals surface area contributed by atoms with E-state index in [0.717, 1.165) is 129 Å². The highest BCUT2D eigenvalue weighted by molar-refractivity contribution is 7.87. The topological polar surface area (TPSA) is 306 Å². The van der Waals surface area contributed by atoms with Crippen molar-refractivity contribution in [2.24, 2.45) is 21.1 Å². The number of rotatable bonds is 24. The van der Waals surface area contributed by atoms with Crippen molar-refractivity contribution in [3.63, 3.8) is 0 Å². The Morgan fingerprint density at radius 2 is 0.938 bits per heavy atom. The van der Waals surface area contributed by atoms with Gasteiger partial charge < -0.3 is 59.0 Å². The third-order valence-electron chi connectivity index (χ3n) is 18.0. The molecule has 14 rings (SSSR count). The number of nitrogens with one attached hydrogen (secondary N) is 2. The molecule has 1 aliphatic rings. The Hall–Kier alpha value is -12.2. The lowest BCUT2D eigenvalue weighted by atomic mass is 10.1. The molecule has 0 spiro atoms. The van der Waals surface area contributed by atoms with Crippen molar-refractivity contribution < 1.29 is 42.0 Å². The van der Waals surface area contributed by atoms with Crippen LogP contribution in [0.2, 0.25) is 0 Å². The third kappa shape index (κ3) is 20.9. The summed E-state index contributed by atoms with van der Waals surface area (Å²) in [6.07, 6.45) is 20.3. The molecule has 0 unspecified atom stereocenters. The Morgan fingerprint density at radius 1 is 0.522 bits per heavy atom. The van der Waals surface area contributed by atoms with Crippen LogP contribution in [0.1, 0.15) is 66.2 Å². The normalized spacial score (nSPS) is 12.1. The van der Waals surface area contributed by atoms with Gasteiger partial charge in [0, 0.05) is 198 Å². The number of aryl methyl sites for hydroxylation is 3. The van der Waals surface area contributed by atoms with Gasteiger partial charge in [-0.3, -0.25) is 33.8 Å². The SMILES string of the molecule is C.C.C.C.CNC(=O)c1cc(OC)cc(N(CC(C)(C)O)c2ccc3ncc(-c4cnn(C)c4)nc3c2)c1.COc1cc(OC)cc(N(CCN2CCCNCC2)c2ccc3ncc(-c4cnn(C)c4)nc3c2)c1.COc1cc(OC)cc(N(Cc2nccn2S(=O)(=O)N(C)C)c2ccc3ncc(-c4cnn(C)c4)nc3c2)c1. The maximum atomic E-state index is 13.0. The summed E-state index contributed by atoms with van der Waals surface area (Å²) in [5.74, 6) is 3.31. The first-order chi connectivity index (χ1) is 52.5. The monoisotopic (exact) mass is 1560 g/mol. The summed E-state index contributed by atoms with van der Waals surface area (Å²) < 4.78 is 61.1. The van der Waals surface area contributed by atoms with Crippen LogP contribution in [0.4, 0.5) is 34.1 Å².